The lowest BCUT2D eigenvalue weighted by Crippen LogP contribution is -1.98. The summed E-state index contributed by atoms with van der Waals surface area (Å²) in [5.74, 6) is 0. The molecule has 0 aliphatic heterocycles. The first kappa shape index (κ1) is 8.94. The second kappa shape index (κ2) is 6.07. The number of rotatable bonds is 4. The van der Waals surface area contributed by atoms with E-state index in [-0.39, 0.29) is 0 Å². The highest BCUT2D eigenvalue weighted by Gasteiger charge is 1.85. The van der Waals surface area contributed by atoms with Crippen molar-refractivity contribution in [3.63, 3.8) is 0 Å². The van der Waals surface area contributed by atoms with Gasteiger partial charge in [0.15, 0.2) is 0 Å². The van der Waals surface area contributed by atoms with Crippen molar-refractivity contribution in [1.29, 1.82) is 0 Å². The molecule has 9 heavy (non-hydrogen) atoms. The minimum Gasteiger partial charge on any atom is -0.429 e. The zero-order chi connectivity index (χ0) is 7.11. The minimum absolute atomic E-state index is 0.488. The Kier molecular flexibility index (Phi) is 6.03. The molecule has 0 aliphatic carbocycles. The molecule has 1 N–H and O–H groups in total. The summed E-state index contributed by atoms with van der Waals surface area (Å²) in [7, 11) is 0.145. The molecule has 0 rings (SSSR count). The lowest BCUT2D eigenvalue weighted by atomic mass is 10.4. The monoisotopic (exact) mass is 143 g/mol. The molecule has 0 atom stereocenters. The van der Waals surface area contributed by atoms with Crippen LogP contribution in [0.5, 0.6) is 0 Å². The fourth-order valence-electron chi connectivity index (χ4n) is 0.426. The molecule has 0 unspecified atom stereocenters. The van der Waals surface area contributed by atoms with Crippen molar-refractivity contribution >= 4 is 16.5 Å². The standard InChI is InChI=1S/C5H12BO2Si/c1-9(2)5-3-4-8-6-7/h3,5,7,9H,4H2,1-2H3. The molecule has 0 heterocycles. The Hall–Kier alpha value is -0.0582. The van der Waals surface area contributed by atoms with Crippen LogP contribution in [0.25, 0.3) is 0 Å². The third kappa shape index (κ3) is 7.94. The van der Waals surface area contributed by atoms with Crippen molar-refractivity contribution < 1.29 is 9.68 Å². The van der Waals surface area contributed by atoms with E-state index in [0.29, 0.717) is 14.3 Å². The van der Waals surface area contributed by atoms with E-state index >= 15 is 0 Å². The summed E-state index contributed by atoms with van der Waals surface area (Å²) in [6.45, 7) is 4.93. The van der Waals surface area contributed by atoms with Crippen molar-refractivity contribution in [1.82, 2.24) is 0 Å². The maximum Gasteiger partial charge on any atom is 0.485 e. The van der Waals surface area contributed by atoms with E-state index in [1.165, 1.54) is 0 Å². The zero-order valence-corrected chi connectivity index (χ0v) is 7.03. The van der Waals surface area contributed by atoms with Gasteiger partial charge in [-0.25, -0.2) is 0 Å². The Bertz CT molecular complexity index is 85.0. The molecule has 0 aromatic rings. The van der Waals surface area contributed by atoms with Gasteiger partial charge < -0.3 is 9.68 Å². The fourth-order valence-corrected chi connectivity index (χ4v) is 1.08. The Labute approximate surface area is 58.5 Å². The van der Waals surface area contributed by atoms with Gasteiger partial charge in [0, 0.05) is 6.61 Å². The topological polar surface area (TPSA) is 29.5 Å². The minimum atomic E-state index is -0.569. The molecular formula is C5H12BO2Si. The summed E-state index contributed by atoms with van der Waals surface area (Å²) in [5, 5.41) is 8.06. The van der Waals surface area contributed by atoms with Gasteiger partial charge in [0.2, 0.25) is 0 Å². The Morgan fingerprint density at radius 2 is 2.33 bits per heavy atom. The molecule has 0 fully saturated rings. The van der Waals surface area contributed by atoms with Crippen molar-refractivity contribution in [2.45, 2.75) is 13.1 Å². The maximum absolute atomic E-state index is 8.06. The highest BCUT2D eigenvalue weighted by molar-refractivity contribution is 6.61. The van der Waals surface area contributed by atoms with Gasteiger partial charge >= 0.3 is 7.69 Å². The molecule has 0 spiro atoms. The van der Waals surface area contributed by atoms with E-state index in [2.05, 4.69) is 23.4 Å². The van der Waals surface area contributed by atoms with Crippen LogP contribution in [0.2, 0.25) is 13.1 Å². The smallest absolute Gasteiger partial charge is 0.429 e. The van der Waals surface area contributed by atoms with E-state index < -0.39 is 8.80 Å². The van der Waals surface area contributed by atoms with Gasteiger partial charge in [0.25, 0.3) is 0 Å². The first-order valence-corrected chi connectivity index (χ1v) is 5.99. The van der Waals surface area contributed by atoms with Crippen molar-refractivity contribution in [2.24, 2.45) is 0 Å². The molecule has 0 aliphatic rings. The zero-order valence-electron chi connectivity index (χ0n) is 5.87. The second-order valence-electron chi connectivity index (χ2n) is 2.11. The van der Waals surface area contributed by atoms with Gasteiger partial charge in [-0.05, 0) is 0 Å². The summed E-state index contributed by atoms with van der Waals surface area (Å²) in [5.41, 5.74) is 2.16. The Balaban J connectivity index is 3.04. The first-order chi connectivity index (χ1) is 4.27. The molecule has 51 valence electrons. The third-order valence-corrected chi connectivity index (χ3v) is 1.83. The fraction of sp³-hybridized carbons (Fsp3) is 0.600. The van der Waals surface area contributed by atoms with E-state index in [1.54, 1.807) is 0 Å². The molecule has 4 heteroatoms. The van der Waals surface area contributed by atoms with Crippen LogP contribution in [0, 0.1) is 0 Å². The quantitative estimate of drug-likeness (QED) is 0.447. The van der Waals surface area contributed by atoms with E-state index in [0.717, 1.165) is 0 Å². The predicted molar refractivity (Wildman–Crippen MR) is 41.9 cm³/mol. The highest BCUT2D eigenvalue weighted by Crippen LogP contribution is 1.81. The van der Waals surface area contributed by atoms with Gasteiger partial charge in [0.1, 0.15) is 0 Å². The molecule has 0 aromatic heterocycles. The average molecular weight is 143 g/mol. The summed E-state index contributed by atoms with van der Waals surface area (Å²) >= 11 is 0. The van der Waals surface area contributed by atoms with Crippen LogP contribution >= 0.6 is 0 Å². The number of hydrogen-bond donors (Lipinski definition) is 1. The van der Waals surface area contributed by atoms with Crippen LogP contribution < -0.4 is 0 Å². The summed E-state index contributed by atoms with van der Waals surface area (Å²) in [6.07, 6.45) is 1.93. The molecule has 2 nitrogen and oxygen atoms in total. The highest BCUT2D eigenvalue weighted by atomic mass is 28.3. The van der Waals surface area contributed by atoms with Crippen LogP contribution in [-0.2, 0) is 4.65 Å². The molecule has 0 bridgehead atoms. The largest absolute Gasteiger partial charge is 0.485 e. The van der Waals surface area contributed by atoms with Crippen LogP contribution in [0.1, 0.15) is 0 Å². The Morgan fingerprint density at radius 1 is 1.67 bits per heavy atom. The molecule has 1 radical (unpaired) electrons. The lowest BCUT2D eigenvalue weighted by Gasteiger charge is -1.92. The van der Waals surface area contributed by atoms with Crippen LogP contribution in [0.3, 0.4) is 0 Å². The van der Waals surface area contributed by atoms with Crippen LogP contribution in [0.4, 0.5) is 0 Å². The third-order valence-electron chi connectivity index (χ3n) is 0.788. The SMILES string of the molecule is C[SiH](C)C=CCO[B]O. The van der Waals surface area contributed by atoms with Gasteiger partial charge in [0.05, 0.1) is 8.80 Å². The van der Waals surface area contributed by atoms with Gasteiger partial charge in [-0.15, -0.1) is 0 Å². The molecule has 0 aromatic carbocycles. The van der Waals surface area contributed by atoms with Gasteiger partial charge in [-0.1, -0.05) is 24.9 Å². The Morgan fingerprint density at radius 3 is 2.78 bits per heavy atom. The van der Waals surface area contributed by atoms with E-state index in [4.69, 9.17) is 5.02 Å². The normalized spacial score (nSPS) is 11.1. The van der Waals surface area contributed by atoms with Crippen molar-refractivity contribution in [3.05, 3.63) is 11.8 Å². The molecular weight excluding hydrogens is 131 g/mol. The van der Waals surface area contributed by atoms with Gasteiger partial charge in [-0.3, -0.25) is 0 Å². The van der Waals surface area contributed by atoms with Gasteiger partial charge in [-0.2, -0.15) is 0 Å². The molecule has 0 amide bonds. The summed E-state index contributed by atoms with van der Waals surface area (Å²) < 4.78 is 4.55. The van der Waals surface area contributed by atoms with Crippen molar-refractivity contribution in [3.8, 4) is 0 Å². The molecule has 0 saturated heterocycles. The molecule has 0 saturated carbocycles. The van der Waals surface area contributed by atoms with E-state index in [1.807, 2.05) is 6.08 Å². The van der Waals surface area contributed by atoms with E-state index in [9.17, 15) is 0 Å². The first-order valence-electron chi connectivity index (χ1n) is 3.01. The predicted octanol–water partition coefficient (Wildman–Crippen LogP) is 0.112. The lowest BCUT2D eigenvalue weighted by molar-refractivity contribution is 0.320. The van der Waals surface area contributed by atoms with Crippen molar-refractivity contribution in [2.75, 3.05) is 6.61 Å². The number of hydrogen-bond acceptors (Lipinski definition) is 2. The summed E-state index contributed by atoms with van der Waals surface area (Å²) in [4.78, 5) is 0. The van der Waals surface area contributed by atoms with Crippen LogP contribution in [0.15, 0.2) is 11.8 Å². The van der Waals surface area contributed by atoms with Crippen LogP contribution in [-0.4, -0.2) is 28.1 Å². The maximum atomic E-state index is 8.06. The average Bonchev–Trinajstić information content (AvgIpc) is 1.80. The second-order valence-corrected chi connectivity index (χ2v) is 4.98. The summed E-state index contributed by atoms with van der Waals surface area (Å²) in [6, 6.07) is 0.